The summed E-state index contributed by atoms with van der Waals surface area (Å²) in [5, 5.41) is 5.84. The number of fused-ring (bicyclic) bond motifs is 10. The topological polar surface area (TPSA) is 26.0 Å². The SMILES string of the molecule is C1=CC2C(c3cccc4c3oc3ccccc34)=CC3=C(Cc4cccc(-c5cccc(-c6ccc7ccc8ccc(-c9ccccc9)nc8c7c6)c5)c43)C2C=C1. The number of nitrogens with zero attached hydrogens (tertiary/aromatic N) is 1. The molecule has 0 spiro atoms. The number of para-hydroxylation sites is 2. The molecule has 2 nitrogen and oxygen atoms in total. The van der Waals surface area contributed by atoms with E-state index in [9.17, 15) is 0 Å². The van der Waals surface area contributed by atoms with Crippen molar-refractivity contribution >= 4 is 54.8 Å². The van der Waals surface area contributed by atoms with Crippen molar-refractivity contribution in [1.82, 2.24) is 4.98 Å². The van der Waals surface area contributed by atoms with Gasteiger partial charge in [0.15, 0.2) is 0 Å². The monoisotopic (exact) mass is 713 g/mol. The van der Waals surface area contributed by atoms with Crippen LogP contribution < -0.4 is 0 Å². The number of hydrogen-bond donors (Lipinski definition) is 0. The van der Waals surface area contributed by atoms with Crippen molar-refractivity contribution in [3.8, 4) is 33.5 Å². The lowest BCUT2D eigenvalue weighted by molar-refractivity contribution is 0.628. The van der Waals surface area contributed by atoms with E-state index in [-0.39, 0.29) is 5.92 Å². The molecule has 3 aliphatic carbocycles. The van der Waals surface area contributed by atoms with Gasteiger partial charge in [0.05, 0.1) is 11.2 Å². The number of hydrogen-bond acceptors (Lipinski definition) is 2. The Hall–Kier alpha value is -7.03. The molecule has 0 bridgehead atoms. The summed E-state index contributed by atoms with van der Waals surface area (Å²) in [7, 11) is 0. The van der Waals surface area contributed by atoms with Crippen molar-refractivity contribution in [1.29, 1.82) is 0 Å². The van der Waals surface area contributed by atoms with E-state index < -0.39 is 0 Å². The third-order valence-electron chi connectivity index (χ3n) is 12.3. The largest absolute Gasteiger partial charge is 0.455 e. The Kier molecular flexibility index (Phi) is 6.85. The normalized spacial score (nSPS) is 17.1. The van der Waals surface area contributed by atoms with Gasteiger partial charge >= 0.3 is 0 Å². The summed E-state index contributed by atoms with van der Waals surface area (Å²) in [5.74, 6) is 0.547. The predicted molar refractivity (Wildman–Crippen MR) is 233 cm³/mol. The smallest absolute Gasteiger partial charge is 0.142 e. The Bertz CT molecular complexity index is 3230. The van der Waals surface area contributed by atoms with E-state index in [0.29, 0.717) is 5.92 Å². The summed E-state index contributed by atoms with van der Waals surface area (Å²) in [6.07, 6.45) is 12.7. The zero-order valence-electron chi connectivity index (χ0n) is 30.6. The molecular formula is C54H35NO. The molecule has 12 rings (SSSR count). The number of pyridine rings is 1. The van der Waals surface area contributed by atoms with Crippen LogP contribution in [0, 0.1) is 11.8 Å². The Morgan fingerprint density at radius 2 is 1.23 bits per heavy atom. The van der Waals surface area contributed by atoms with Crippen LogP contribution in [-0.4, -0.2) is 4.98 Å². The summed E-state index contributed by atoms with van der Waals surface area (Å²) in [5.41, 5.74) is 18.1. The standard InChI is InChI=1S/C54H35NO/c1-2-11-34(12-3-1)50-28-27-35-25-23-33-24-26-37(30-46(33)53(35)55-50)36-13-8-14-38(29-36)40-19-9-15-39-31-47-41-16-4-5-17-42(41)48(32-49(47)52(39)40)45-21-10-20-44-43-18-6-7-22-51(43)56-54(44)45/h1-30,32,41-42H,31H2. The minimum Gasteiger partial charge on any atom is -0.455 e. The van der Waals surface area contributed by atoms with Crippen LogP contribution in [-0.2, 0) is 6.42 Å². The second-order valence-corrected chi connectivity index (χ2v) is 15.4. The molecule has 0 saturated heterocycles. The van der Waals surface area contributed by atoms with Gasteiger partial charge in [0.25, 0.3) is 0 Å². The molecule has 3 aliphatic rings. The first-order chi connectivity index (χ1) is 27.7. The molecule has 2 atom stereocenters. The summed E-state index contributed by atoms with van der Waals surface area (Å²) in [4.78, 5) is 5.21. The van der Waals surface area contributed by atoms with Crippen LogP contribution in [0.1, 0.15) is 16.7 Å². The Morgan fingerprint density at radius 1 is 0.518 bits per heavy atom. The molecule has 0 saturated carbocycles. The highest BCUT2D eigenvalue weighted by molar-refractivity contribution is 6.10. The Morgan fingerprint density at radius 3 is 2.18 bits per heavy atom. The van der Waals surface area contributed by atoms with Crippen LogP contribution in [0.2, 0.25) is 0 Å². The molecule has 0 amide bonds. The molecule has 2 heteroatoms. The molecular weight excluding hydrogens is 679 g/mol. The third kappa shape index (κ3) is 4.79. The van der Waals surface area contributed by atoms with Crippen molar-refractivity contribution in [3.05, 3.63) is 210 Å². The van der Waals surface area contributed by atoms with Gasteiger partial charge in [0.2, 0.25) is 0 Å². The molecule has 0 N–H and O–H groups in total. The lowest BCUT2D eigenvalue weighted by Gasteiger charge is -2.33. The van der Waals surface area contributed by atoms with E-state index >= 15 is 0 Å². The van der Waals surface area contributed by atoms with Crippen LogP contribution in [0.3, 0.4) is 0 Å². The van der Waals surface area contributed by atoms with E-state index in [2.05, 4.69) is 182 Å². The summed E-state index contributed by atoms with van der Waals surface area (Å²) >= 11 is 0. The molecule has 2 unspecified atom stereocenters. The first-order valence-corrected chi connectivity index (χ1v) is 19.6. The van der Waals surface area contributed by atoms with Crippen LogP contribution >= 0.6 is 0 Å². The summed E-state index contributed by atoms with van der Waals surface area (Å²) in [6, 6.07) is 57.0. The van der Waals surface area contributed by atoms with Gasteiger partial charge in [-0.3, -0.25) is 0 Å². The predicted octanol–water partition coefficient (Wildman–Crippen LogP) is 14.1. The number of furan rings is 1. The van der Waals surface area contributed by atoms with E-state index in [0.717, 1.165) is 45.1 Å². The molecule has 56 heavy (non-hydrogen) atoms. The van der Waals surface area contributed by atoms with Crippen molar-refractivity contribution in [3.63, 3.8) is 0 Å². The highest BCUT2D eigenvalue weighted by Crippen LogP contribution is 2.53. The summed E-state index contributed by atoms with van der Waals surface area (Å²) < 4.78 is 6.62. The van der Waals surface area contributed by atoms with Crippen molar-refractivity contribution in [2.45, 2.75) is 6.42 Å². The summed E-state index contributed by atoms with van der Waals surface area (Å²) in [6.45, 7) is 0. The number of rotatable bonds is 4. The van der Waals surface area contributed by atoms with Crippen LogP contribution in [0.5, 0.6) is 0 Å². The van der Waals surface area contributed by atoms with Gasteiger partial charge in [-0.05, 0) is 86.7 Å². The van der Waals surface area contributed by atoms with Gasteiger partial charge in [0, 0.05) is 44.5 Å². The molecule has 0 aliphatic heterocycles. The fourth-order valence-corrected chi connectivity index (χ4v) is 9.67. The average molecular weight is 714 g/mol. The Labute approximate surface area is 325 Å². The van der Waals surface area contributed by atoms with Gasteiger partial charge in [-0.2, -0.15) is 0 Å². The van der Waals surface area contributed by atoms with Crippen molar-refractivity contribution in [2.75, 3.05) is 0 Å². The van der Waals surface area contributed by atoms with Gasteiger partial charge in [-0.15, -0.1) is 0 Å². The molecule has 9 aromatic rings. The van der Waals surface area contributed by atoms with Crippen LogP contribution in [0.15, 0.2) is 198 Å². The van der Waals surface area contributed by atoms with Gasteiger partial charge in [-0.25, -0.2) is 4.98 Å². The lowest BCUT2D eigenvalue weighted by Crippen LogP contribution is -2.20. The van der Waals surface area contributed by atoms with Crippen LogP contribution in [0.4, 0.5) is 0 Å². The van der Waals surface area contributed by atoms with Crippen molar-refractivity contribution < 1.29 is 4.42 Å². The molecule has 262 valence electrons. The number of allylic oxidation sites excluding steroid dienone is 8. The van der Waals surface area contributed by atoms with Gasteiger partial charge in [-0.1, -0.05) is 163 Å². The van der Waals surface area contributed by atoms with Gasteiger partial charge in [0.1, 0.15) is 11.2 Å². The van der Waals surface area contributed by atoms with Crippen LogP contribution in [0.25, 0.3) is 88.3 Å². The molecule has 7 aromatic carbocycles. The minimum atomic E-state index is 0.251. The maximum absolute atomic E-state index is 6.62. The fraction of sp³-hybridized carbons (Fsp3) is 0.0556. The van der Waals surface area contributed by atoms with Gasteiger partial charge < -0.3 is 4.42 Å². The van der Waals surface area contributed by atoms with E-state index in [1.165, 1.54) is 71.8 Å². The third-order valence-corrected chi connectivity index (χ3v) is 12.3. The molecule has 0 fully saturated rings. The van der Waals surface area contributed by atoms with E-state index in [1.54, 1.807) is 0 Å². The number of benzene rings is 7. The maximum atomic E-state index is 6.62. The number of aromatic nitrogens is 1. The average Bonchev–Trinajstić information content (AvgIpc) is 3.85. The lowest BCUT2D eigenvalue weighted by atomic mass is 9.71. The maximum Gasteiger partial charge on any atom is 0.142 e. The molecule has 2 aromatic heterocycles. The first kappa shape index (κ1) is 31.3. The first-order valence-electron chi connectivity index (χ1n) is 19.6. The second kappa shape index (κ2) is 12.2. The van der Waals surface area contributed by atoms with Crippen molar-refractivity contribution in [2.24, 2.45) is 11.8 Å². The second-order valence-electron chi connectivity index (χ2n) is 15.4. The highest BCUT2D eigenvalue weighted by atomic mass is 16.3. The molecule has 0 radical (unpaired) electrons. The Balaban J connectivity index is 0.987. The fourth-order valence-electron chi connectivity index (χ4n) is 9.67. The zero-order valence-corrected chi connectivity index (χ0v) is 30.6. The minimum absolute atomic E-state index is 0.251. The van der Waals surface area contributed by atoms with E-state index in [1.807, 2.05) is 6.07 Å². The zero-order chi connectivity index (χ0) is 36.7. The highest BCUT2D eigenvalue weighted by Gasteiger charge is 2.37. The van der Waals surface area contributed by atoms with E-state index in [4.69, 9.17) is 9.40 Å². The molecule has 2 heterocycles. The quantitative estimate of drug-likeness (QED) is 0.170.